The molecule has 2 aliphatic heterocycles. The molecule has 0 radical (unpaired) electrons. The maximum absolute atomic E-state index is 13.3. The summed E-state index contributed by atoms with van der Waals surface area (Å²) < 4.78 is 5.63. The number of carbonyl (C=O) groups excluding carboxylic acids is 2. The summed E-state index contributed by atoms with van der Waals surface area (Å²) in [6.45, 7) is 3.59. The third kappa shape index (κ3) is 4.75. The van der Waals surface area contributed by atoms with Crippen molar-refractivity contribution in [2.45, 2.75) is 25.3 Å². The highest BCUT2D eigenvalue weighted by Gasteiger charge is 2.35. The van der Waals surface area contributed by atoms with Crippen LogP contribution < -0.4 is 9.64 Å². The highest BCUT2D eigenvalue weighted by Crippen LogP contribution is 2.22. The van der Waals surface area contributed by atoms with Gasteiger partial charge in [0.15, 0.2) is 6.61 Å². The first-order chi connectivity index (χ1) is 14.7. The number of hydrogen-bond acceptors (Lipinski definition) is 4. The van der Waals surface area contributed by atoms with E-state index in [-0.39, 0.29) is 24.5 Å². The van der Waals surface area contributed by atoms with Crippen LogP contribution in [0.2, 0.25) is 0 Å². The molecule has 0 aromatic heterocycles. The number of carbonyl (C=O) groups is 2. The summed E-state index contributed by atoms with van der Waals surface area (Å²) >= 11 is 0. The van der Waals surface area contributed by atoms with Gasteiger partial charge in [0.05, 0.1) is 0 Å². The molecule has 158 valence electrons. The molecule has 0 saturated carbocycles. The van der Waals surface area contributed by atoms with Crippen molar-refractivity contribution in [3.8, 4) is 5.75 Å². The third-order valence-corrected chi connectivity index (χ3v) is 5.93. The van der Waals surface area contributed by atoms with Crippen LogP contribution in [0.15, 0.2) is 60.7 Å². The topological polar surface area (TPSA) is 53.1 Å². The minimum atomic E-state index is -0.367. The van der Waals surface area contributed by atoms with E-state index in [2.05, 4.69) is 17.0 Å². The lowest BCUT2D eigenvalue weighted by molar-refractivity contribution is -0.149. The molecule has 0 aliphatic carbocycles. The van der Waals surface area contributed by atoms with Gasteiger partial charge in [0.2, 0.25) is 5.91 Å². The molecule has 30 heavy (non-hydrogen) atoms. The largest absolute Gasteiger partial charge is 0.484 e. The number of amides is 2. The van der Waals surface area contributed by atoms with Crippen LogP contribution in [0.5, 0.6) is 5.75 Å². The number of benzene rings is 2. The van der Waals surface area contributed by atoms with Gasteiger partial charge in [-0.1, -0.05) is 36.4 Å². The molecule has 2 saturated heterocycles. The predicted molar refractivity (Wildman–Crippen MR) is 117 cm³/mol. The fourth-order valence-corrected chi connectivity index (χ4v) is 4.27. The number of anilines is 1. The average molecular weight is 408 g/mol. The van der Waals surface area contributed by atoms with E-state index in [1.807, 2.05) is 53.4 Å². The van der Waals surface area contributed by atoms with Crippen molar-refractivity contribution >= 4 is 17.5 Å². The zero-order valence-corrected chi connectivity index (χ0v) is 17.3. The molecule has 1 unspecified atom stereocenters. The zero-order chi connectivity index (χ0) is 20.8. The van der Waals surface area contributed by atoms with Crippen LogP contribution in [0.3, 0.4) is 0 Å². The lowest BCUT2D eigenvalue weighted by atomic mass is 10.0. The van der Waals surface area contributed by atoms with E-state index in [9.17, 15) is 9.59 Å². The summed E-state index contributed by atoms with van der Waals surface area (Å²) in [6, 6.07) is 19.3. The van der Waals surface area contributed by atoms with E-state index >= 15 is 0 Å². The summed E-state index contributed by atoms with van der Waals surface area (Å²) in [5.41, 5.74) is 1.19. The smallest absolute Gasteiger partial charge is 0.261 e. The molecular weight excluding hydrogens is 378 g/mol. The predicted octanol–water partition coefficient (Wildman–Crippen LogP) is 2.80. The van der Waals surface area contributed by atoms with Crippen molar-refractivity contribution in [3.63, 3.8) is 0 Å². The van der Waals surface area contributed by atoms with E-state index in [0.29, 0.717) is 25.4 Å². The van der Waals surface area contributed by atoms with Gasteiger partial charge in [-0.3, -0.25) is 9.59 Å². The summed E-state index contributed by atoms with van der Waals surface area (Å²) in [5.74, 6) is 0.637. The maximum atomic E-state index is 13.3. The van der Waals surface area contributed by atoms with Crippen molar-refractivity contribution in [2.75, 3.05) is 44.2 Å². The molecule has 0 spiro atoms. The quantitative estimate of drug-likeness (QED) is 0.765. The first kappa shape index (κ1) is 20.3. The highest BCUT2D eigenvalue weighted by atomic mass is 16.5. The van der Waals surface area contributed by atoms with Crippen LogP contribution in [0, 0.1) is 0 Å². The number of para-hydroxylation sites is 2. The normalized spacial score (nSPS) is 19.5. The van der Waals surface area contributed by atoms with Crippen LogP contribution in [0.4, 0.5) is 5.69 Å². The van der Waals surface area contributed by atoms with E-state index in [1.165, 1.54) is 5.69 Å². The molecule has 6 heteroatoms. The molecule has 0 N–H and O–H groups in total. The number of rotatable bonds is 5. The van der Waals surface area contributed by atoms with Crippen molar-refractivity contribution < 1.29 is 14.3 Å². The van der Waals surface area contributed by atoms with Gasteiger partial charge in [0.25, 0.3) is 5.91 Å². The van der Waals surface area contributed by atoms with Gasteiger partial charge in [-0.25, -0.2) is 0 Å². The van der Waals surface area contributed by atoms with E-state index < -0.39 is 0 Å². The minimum absolute atomic E-state index is 0.0322. The summed E-state index contributed by atoms with van der Waals surface area (Å²) in [7, 11) is 0. The number of likely N-dealkylation sites (tertiary alicyclic amines) is 1. The molecule has 2 aromatic carbocycles. The average Bonchev–Trinajstić information content (AvgIpc) is 2.83. The Bertz CT molecular complexity index is 835. The fraction of sp³-hybridized carbons (Fsp3) is 0.417. The van der Waals surface area contributed by atoms with Gasteiger partial charge in [-0.05, 0) is 43.5 Å². The van der Waals surface area contributed by atoms with Crippen LogP contribution in [0.1, 0.15) is 19.3 Å². The Morgan fingerprint density at radius 3 is 2.20 bits per heavy atom. The Morgan fingerprint density at radius 2 is 1.50 bits per heavy atom. The number of ether oxygens (including phenoxy) is 1. The Labute approximate surface area is 178 Å². The number of piperidine rings is 1. The van der Waals surface area contributed by atoms with Crippen molar-refractivity contribution in [1.82, 2.24) is 9.80 Å². The Hall–Kier alpha value is -3.02. The van der Waals surface area contributed by atoms with E-state index in [4.69, 9.17) is 4.74 Å². The van der Waals surface area contributed by atoms with Crippen molar-refractivity contribution in [3.05, 3.63) is 60.7 Å². The number of piperazine rings is 1. The molecular formula is C24H29N3O3. The van der Waals surface area contributed by atoms with Gasteiger partial charge in [0.1, 0.15) is 11.8 Å². The third-order valence-electron chi connectivity index (χ3n) is 5.93. The van der Waals surface area contributed by atoms with Gasteiger partial charge in [0, 0.05) is 38.4 Å². The molecule has 2 fully saturated rings. The van der Waals surface area contributed by atoms with Crippen molar-refractivity contribution in [2.24, 2.45) is 0 Å². The van der Waals surface area contributed by atoms with Crippen LogP contribution in [0.25, 0.3) is 0 Å². The molecule has 6 nitrogen and oxygen atoms in total. The Morgan fingerprint density at radius 1 is 0.833 bits per heavy atom. The Balaban J connectivity index is 1.34. The molecule has 2 amide bonds. The molecule has 0 bridgehead atoms. The standard InChI is InChI=1S/C24H29N3O3/c28-23(19-30-21-11-5-2-6-12-21)27-14-8-7-13-22(27)24(29)26-17-15-25(16-18-26)20-9-3-1-4-10-20/h1-6,9-12,22H,7-8,13-19H2. The lowest BCUT2D eigenvalue weighted by Gasteiger charge is -2.41. The van der Waals surface area contributed by atoms with Crippen LogP contribution in [-0.2, 0) is 9.59 Å². The summed E-state index contributed by atoms with van der Waals surface area (Å²) in [5, 5.41) is 0. The Kier molecular flexibility index (Phi) is 6.52. The second-order valence-electron chi connectivity index (χ2n) is 7.85. The molecule has 2 aliphatic rings. The first-order valence-corrected chi connectivity index (χ1v) is 10.8. The molecule has 1 atom stereocenters. The maximum Gasteiger partial charge on any atom is 0.261 e. The lowest BCUT2D eigenvalue weighted by Crippen LogP contribution is -2.57. The van der Waals surface area contributed by atoms with Gasteiger partial charge in [-0.2, -0.15) is 0 Å². The fourth-order valence-electron chi connectivity index (χ4n) is 4.27. The SMILES string of the molecule is O=C(C1CCCCN1C(=O)COc1ccccc1)N1CCN(c2ccccc2)CC1. The molecule has 4 rings (SSSR count). The summed E-state index contributed by atoms with van der Waals surface area (Å²) in [6.07, 6.45) is 2.64. The first-order valence-electron chi connectivity index (χ1n) is 10.8. The summed E-state index contributed by atoms with van der Waals surface area (Å²) in [4.78, 5) is 32.1. The minimum Gasteiger partial charge on any atom is -0.484 e. The molecule has 2 heterocycles. The zero-order valence-electron chi connectivity index (χ0n) is 17.3. The number of nitrogens with zero attached hydrogens (tertiary/aromatic N) is 3. The van der Waals surface area contributed by atoms with Crippen LogP contribution in [-0.4, -0.2) is 67.0 Å². The van der Waals surface area contributed by atoms with Crippen LogP contribution >= 0.6 is 0 Å². The van der Waals surface area contributed by atoms with Gasteiger partial charge in [-0.15, -0.1) is 0 Å². The van der Waals surface area contributed by atoms with Gasteiger partial charge >= 0.3 is 0 Å². The monoisotopic (exact) mass is 407 g/mol. The second-order valence-corrected chi connectivity index (χ2v) is 7.85. The van der Waals surface area contributed by atoms with Gasteiger partial charge < -0.3 is 19.4 Å². The van der Waals surface area contributed by atoms with E-state index in [0.717, 1.165) is 32.4 Å². The second kappa shape index (κ2) is 9.65. The molecule has 2 aromatic rings. The van der Waals surface area contributed by atoms with E-state index in [1.54, 1.807) is 4.90 Å². The van der Waals surface area contributed by atoms with Crippen molar-refractivity contribution in [1.29, 1.82) is 0 Å². The number of hydrogen-bond donors (Lipinski definition) is 0. The highest BCUT2D eigenvalue weighted by molar-refractivity contribution is 5.88.